The van der Waals surface area contributed by atoms with E-state index in [2.05, 4.69) is 11.4 Å². The van der Waals surface area contributed by atoms with E-state index in [-0.39, 0.29) is 0 Å². The average Bonchev–Trinajstić information content (AvgIpc) is 2.32. The average molecular weight is 235 g/mol. The fourth-order valence-electron chi connectivity index (χ4n) is 2.53. The lowest BCUT2D eigenvalue weighted by Crippen LogP contribution is -2.50. The predicted molar refractivity (Wildman–Crippen MR) is 68.3 cm³/mol. The molecule has 0 radical (unpaired) electrons. The molecule has 1 fully saturated rings. The summed E-state index contributed by atoms with van der Waals surface area (Å²) in [5.74, 6) is 1.21. The zero-order chi connectivity index (χ0) is 12.3. The second-order valence-electron chi connectivity index (χ2n) is 5.04. The first kappa shape index (κ1) is 12.4. The van der Waals surface area contributed by atoms with Crippen LogP contribution in [0.4, 0.5) is 0 Å². The van der Waals surface area contributed by atoms with Crippen molar-refractivity contribution in [3.05, 3.63) is 29.8 Å². The summed E-state index contributed by atoms with van der Waals surface area (Å²) < 4.78 is 5.36. The molecule has 2 N–H and O–H groups in total. The molecule has 0 aromatic heterocycles. The van der Waals surface area contributed by atoms with Crippen LogP contribution in [0.3, 0.4) is 0 Å². The van der Waals surface area contributed by atoms with Gasteiger partial charge in [0.15, 0.2) is 0 Å². The van der Waals surface area contributed by atoms with Crippen molar-refractivity contribution >= 4 is 0 Å². The molecule has 1 aromatic rings. The largest absolute Gasteiger partial charge is 0.496 e. The van der Waals surface area contributed by atoms with E-state index < -0.39 is 5.60 Å². The van der Waals surface area contributed by atoms with Gasteiger partial charge in [-0.2, -0.15) is 0 Å². The van der Waals surface area contributed by atoms with Crippen molar-refractivity contribution in [1.82, 2.24) is 5.32 Å². The van der Waals surface area contributed by atoms with E-state index in [1.165, 1.54) is 5.56 Å². The monoisotopic (exact) mass is 235 g/mol. The molecule has 0 aliphatic carbocycles. The summed E-state index contributed by atoms with van der Waals surface area (Å²) in [6.45, 7) is 3.57. The first-order valence-corrected chi connectivity index (χ1v) is 6.18. The van der Waals surface area contributed by atoms with Crippen LogP contribution in [0.15, 0.2) is 24.3 Å². The van der Waals surface area contributed by atoms with E-state index in [4.69, 9.17) is 4.74 Å². The molecular formula is C14H21NO2. The fourth-order valence-corrected chi connectivity index (χ4v) is 2.53. The molecular weight excluding hydrogens is 214 g/mol. The quantitative estimate of drug-likeness (QED) is 0.836. The van der Waals surface area contributed by atoms with E-state index in [9.17, 15) is 5.11 Å². The Hall–Kier alpha value is -1.06. The van der Waals surface area contributed by atoms with Crippen molar-refractivity contribution in [1.29, 1.82) is 0 Å². The molecule has 2 atom stereocenters. The normalized spacial score (nSPS) is 29.0. The third kappa shape index (κ3) is 2.79. The Morgan fingerprint density at radius 2 is 2.24 bits per heavy atom. The van der Waals surface area contributed by atoms with Crippen LogP contribution >= 0.6 is 0 Å². The molecule has 17 heavy (non-hydrogen) atoms. The molecule has 2 unspecified atom stereocenters. The van der Waals surface area contributed by atoms with Gasteiger partial charge in [0.25, 0.3) is 0 Å². The van der Waals surface area contributed by atoms with Gasteiger partial charge in [0.2, 0.25) is 0 Å². The molecule has 0 saturated carbocycles. The molecule has 1 heterocycles. The van der Waals surface area contributed by atoms with Crippen LogP contribution in [0, 0.1) is 5.92 Å². The van der Waals surface area contributed by atoms with E-state index in [1.807, 2.05) is 25.1 Å². The Balaban J connectivity index is 2.14. The maximum absolute atomic E-state index is 10.4. The van der Waals surface area contributed by atoms with Gasteiger partial charge in [-0.3, -0.25) is 0 Å². The van der Waals surface area contributed by atoms with Crippen molar-refractivity contribution in [2.24, 2.45) is 5.92 Å². The maximum Gasteiger partial charge on any atom is 0.122 e. The van der Waals surface area contributed by atoms with Gasteiger partial charge in [0.05, 0.1) is 12.7 Å². The highest BCUT2D eigenvalue weighted by molar-refractivity contribution is 5.33. The standard InChI is InChI=1S/C14H21NO2/c1-14(16)10-15-8-7-12(14)9-11-5-3-4-6-13(11)17-2/h3-6,12,15-16H,7-10H2,1-2H3. The molecule has 0 amide bonds. The summed E-state index contributed by atoms with van der Waals surface area (Å²) >= 11 is 0. The van der Waals surface area contributed by atoms with Crippen LogP contribution in [0.2, 0.25) is 0 Å². The van der Waals surface area contributed by atoms with Gasteiger partial charge in [0.1, 0.15) is 5.75 Å². The lowest BCUT2D eigenvalue weighted by atomic mass is 9.79. The highest BCUT2D eigenvalue weighted by Crippen LogP contribution is 2.30. The Bertz CT molecular complexity index is 376. The van der Waals surface area contributed by atoms with Crippen molar-refractivity contribution in [3.63, 3.8) is 0 Å². The van der Waals surface area contributed by atoms with Crippen LogP contribution in [0.5, 0.6) is 5.75 Å². The topological polar surface area (TPSA) is 41.5 Å². The van der Waals surface area contributed by atoms with Gasteiger partial charge in [-0.25, -0.2) is 0 Å². The number of benzene rings is 1. The number of ether oxygens (including phenoxy) is 1. The molecule has 3 heteroatoms. The summed E-state index contributed by atoms with van der Waals surface area (Å²) in [7, 11) is 1.69. The number of methoxy groups -OCH3 is 1. The smallest absolute Gasteiger partial charge is 0.122 e. The first-order chi connectivity index (χ1) is 8.13. The van der Waals surface area contributed by atoms with Gasteiger partial charge in [0, 0.05) is 6.54 Å². The fraction of sp³-hybridized carbons (Fsp3) is 0.571. The maximum atomic E-state index is 10.4. The molecule has 2 rings (SSSR count). The van der Waals surface area contributed by atoms with Gasteiger partial charge >= 0.3 is 0 Å². The predicted octanol–water partition coefficient (Wildman–Crippen LogP) is 1.60. The minimum Gasteiger partial charge on any atom is -0.496 e. The van der Waals surface area contributed by atoms with Crippen molar-refractivity contribution in [2.75, 3.05) is 20.2 Å². The Kier molecular flexibility index (Phi) is 3.69. The van der Waals surface area contributed by atoms with E-state index in [0.717, 1.165) is 25.1 Å². The number of rotatable bonds is 3. The number of hydrogen-bond donors (Lipinski definition) is 2. The summed E-state index contributed by atoms with van der Waals surface area (Å²) in [4.78, 5) is 0. The molecule has 1 saturated heterocycles. The Labute approximate surface area is 103 Å². The van der Waals surface area contributed by atoms with Crippen LogP contribution in [0.25, 0.3) is 0 Å². The lowest BCUT2D eigenvalue weighted by Gasteiger charge is -2.37. The van der Waals surface area contributed by atoms with Crippen LogP contribution in [-0.4, -0.2) is 30.9 Å². The third-order valence-electron chi connectivity index (χ3n) is 3.69. The van der Waals surface area contributed by atoms with Crippen LogP contribution in [0.1, 0.15) is 18.9 Å². The number of aliphatic hydroxyl groups is 1. The van der Waals surface area contributed by atoms with E-state index in [0.29, 0.717) is 12.5 Å². The Morgan fingerprint density at radius 3 is 2.94 bits per heavy atom. The summed E-state index contributed by atoms with van der Waals surface area (Å²) in [6, 6.07) is 8.05. The van der Waals surface area contributed by atoms with Crippen LogP contribution in [-0.2, 0) is 6.42 Å². The highest BCUT2D eigenvalue weighted by Gasteiger charge is 2.34. The molecule has 1 aliphatic rings. The zero-order valence-electron chi connectivity index (χ0n) is 10.6. The number of para-hydroxylation sites is 1. The summed E-state index contributed by atoms with van der Waals surface area (Å²) in [5.41, 5.74) is 0.557. The number of piperidine rings is 1. The lowest BCUT2D eigenvalue weighted by molar-refractivity contribution is -0.0193. The molecule has 3 nitrogen and oxygen atoms in total. The SMILES string of the molecule is COc1ccccc1CC1CCNCC1(C)O. The first-order valence-electron chi connectivity index (χ1n) is 6.18. The highest BCUT2D eigenvalue weighted by atomic mass is 16.5. The summed E-state index contributed by atoms with van der Waals surface area (Å²) in [6.07, 6.45) is 1.88. The minimum atomic E-state index is -0.626. The summed E-state index contributed by atoms with van der Waals surface area (Å²) in [5, 5.41) is 13.6. The van der Waals surface area contributed by atoms with Crippen molar-refractivity contribution in [3.8, 4) is 5.75 Å². The van der Waals surface area contributed by atoms with E-state index in [1.54, 1.807) is 7.11 Å². The zero-order valence-corrected chi connectivity index (χ0v) is 10.6. The van der Waals surface area contributed by atoms with Gasteiger partial charge in [-0.1, -0.05) is 18.2 Å². The molecule has 94 valence electrons. The number of nitrogens with one attached hydrogen (secondary N) is 1. The molecule has 0 bridgehead atoms. The number of β-amino-alcohol motifs (C(OH)–C–C–N with tert-alkyl or cyclic N) is 1. The molecule has 1 aliphatic heterocycles. The van der Waals surface area contributed by atoms with Gasteiger partial charge in [-0.15, -0.1) is 0 Å². The number of hydrogen-bond acceptors (Lipinski definition) is 3. The second kappa shape index (κ2) is 5.07. The van der Waals surface area contributed by atoms with Gasteiger partial charge in [-0.05, 0) is 43.9 Å². The van der Waals surface area contributed by atoms with Gasteiger partial charge < -0.3 is 15.2 Å². The van der Waals surface area contributed by atoms with Crippen molar-refractivity contribution < 1.29 is 9.84 Å². The second-order valence-corrected chi connectivity index (χ2v) is 5.04. The third-order valence-corrected chi connectivity index (χ3v) is 3.69. The Morgan fingerprint density at radius 1 is 1.47 bits per heavy atom. The van der Waals surface area contributed by atoms with E-state index >= 15 is 0 Å². The molecule has 0 spiro atoms. The van der Waals surface area contributed by atoms with Crippen molar-refractivity contribution in [2.45, 2.75) is 25.4 Å². The van der Waals surface area contributed by atoms with Crippen LogP contribution < -0.4 is 10.1 Å². The molecule has 1 aromatic carbocycles. The minimum absolute atomic E-state index is 0.292.